The van der Waals surface area contributed by atoms with Gasteiger partial charge in [0.1, 0.15) is 5.84 Å². The van der Waals surface area contributed by atoms with Crippen LogP contribution in [0.2, 0.25) is 0 Å². The largest absolute Gasteiger partial charge is 0.384 e. The first kappa shape index (κ1) is 20.5. The molecule has 0 saturated carbocycles. The number of fused-ring (bicyclic) bond motifs is 1. The number of nitrogens with one attached hydrogen (secondary N) is 3. The average Bonchev–Trinajstić information content (AvgIpc) is 3.14. The second kappa shape index (κ2) is 8.17. The van der Waals surface area contributed by atoms with E-state index in [4.69, 9.17) is 15.9 Å². The van der Waals surface area contributed by atoms with Crippen LogP contribution >= 0.6 is 0 Å². The van der Waals surface area contributed by atoms with Crippen molar-refractivity contribution in [3.63, 3.8) is 0 Å². The summed E-state index contributed by atoms with van der Waals surface area (Å²) in [7, 11) is 0. The maximum atomic E-state index is 12.9. The topological polar surface area (TPSA) is 158 Å². The van der Waals surface area contributed by atoms with Crippen LogP contribution in [0.1, 0.15) is 21.5 Å². The number of hydrogen-bond acceptors (Lipinski definition) is 6. The standard InChI is InChI=1S/C21H21N5O5/c22-18(23)11-1-3-13(4-2-11)25-20(29)16(27)17-21(30)26(7-8-31-17)14-5-6-15-12(9-14)10-24-19(15)28/h1-6,9,16-17,27H,7-8,10H2,(H3,22,23)(H,24,28)(H,25,29)/t16-,17?/m1/s1. The van der Waals surface area contributed by atoms with Crippen molar-refractivity contribution in [1.82, 2.24) is 5.32 Å². The van der Waals surface area contributed by atoms with Crippen molar-refractivity contribution in [2.45, 2.75) is 18.8 Å². The molecule has 2 aliphatic heterocycles. The molecule has 2 atom stereocenters. The van der Waals surface area contributed by atoms with Crippen LogP contribution < -0.4 is 21.3 Å². The molecule has 0 spiro atoms. The molecule has 0 aliphatic carbocycles. The smallest absolute Gasteiger partial charge is 0.259 e. The first-order valence-electron chi connectivity index (χ1n) is 9.62. The number of benzene rings is 2. The Morgan fingerprint density at radius 1 is 1.26 bits per heavy atom. The highest BCUT2D eigenvalue weighted by Crippen LogP contribution is 2.26. The zero-order valence-corrected chi connectivity index (χ0v) is 16.4. The van der Waals surface area contributed by atoms with Crippen molar-refractivity contribution in [2.75, 3.05) is 23.4 Å². The summed E-state index contributed by atoms with van der Waals surface area (Å²) < 4.78 is 5.41. The summed E-state index contributed by atoms with van der Waals surface area (Å²) >= 11 is 0. The predicted molar refractivity (Wildman–Crippen MR) is 112 cm³/mol. The molecule has 2 aromatic carbocycles. The second-order valence-corrected chi connectivity index (χ2v) is 7.23. The van der Waals surface area contributed by atoms with Crippen molar-refractivity contribution in [2.24, 2.45) is 5.73 Å². The van der Waals surface area contributed by atoms with Crippen LogP contribution in [0.4, 0.5) is 11.4 Å². The summed E-state index contributed by atoms with van der Waals surface area (Å²) in [6, 6.07) is 11.2. The molecule has 1 saturated heterocycles. The maximum absolute atomic E-state index is 12.9. The first-order valence-corrected chi connectivity index (χ1v) is 9.62. The summed E-state index contributed by atoms with van der Waals surface area (Å²) in [5, 5.41) is 23.1. The van der Waals surface area contributed by atoms with Crippen LogP contribution in [-0.4, -0.2) is 54.0 Å². The Morgan fingerprint density at radius 2 is 2.00 bits per heavy atom. The fourth-order valence-electron chi connectivity index (χ4n) is 3.56. The summed E-state index contributed by atoms with van der Waals surface area (Å²) in [6.07, 6.45) is -3.08. The third-order valence-electron chi connectivity index (χ3n) is 5.23. The highest BCUT2D eigenvalue weighted by molar-refractivity contribution is 6.05. The van der Waals surface area contributed by atoms with Gasteiger partial charge in [0, 0.05) is 35.6 Å². The Kier molecular flexibility index (Phi) is 5.40. The lowest BCUT2D eigenvalue weighted by atomic mass is 10.1. The number of amides is 3. The van der Waals surface area contributed by atoms with E-state index < -0.39 is 24.0 Å². The number of ether oxygens (including phenoxy) is 1. The molecule has 0 radical (unpaired) electrons. The third kappa shape index (κ3) is 3.98. The second-order valence-electron chi connectivity index (χ2n) is 7.23. The number of hydrogen-bond donors (Lipinski definition) is 5. The molecule has 6 N–H and O–H groups in total. The van der Waals surface area contributed by atoms with Gasteiger partial charge in [0.05, 0.1) is 6.61 Å². The number of nitrogens with two attached hydrogens (primary N) is 1. The zero-order chi connectivity index (χ0) is 22.1. The number of amidine groups is 1. The molecular weight excluding hydrogens is 402 g/mol. The van der Waals surface area contributed by atoms with Crippen LogP contribution in [-0.2, 0) is 20.9 Å². The Morgan fingerprint density at radius 3 is 2.71 bits per heavy atom. The highest BCUT2D eigenvalue weighted by atomic mass is 16.5. The summed E-state index contributed by atoms with van der Waals surface area (Å²) in [5.74, 6) is -1.60. The Labute approximate surface area is 177 Å². The lowest BCUT2D eigenvalue weighted by Crippen LogP contribution is -2.55. The quantitative estimate of drug-likeness (QED) is 0.335. The molecule has 2 aliphatic rings. The van der Waals surface area contributed by atoms with Crippen LogP contribution in [0, 0.1) is 5.41 Å². The number of carbonyl (C=O) groups excluding carboxylic acids is 3. The highest BCUT2D eigenvalue weighted by Gasteiger charge is 2.39. The van der Waals surface area contributed by atoms with Gasteiger partial charge in [0.25, 0.3) is 17.7 Å². The van der Waals surface area contributed by atoms with Crippen LogP contribution in [0.3, 0.4) is 0 Å². The van der Waals surface area contributed by atoms with Gasteiger partial charge in [-0.15, -0.1) is 0 Å². The SMILES string of the molecule is N=C(N)c1ccc(NC(=O)[C@H](O)C2OCCN(c3ccc4c(c3)CNC4=O)C2=O)cc1. The lowest BCUT2D eigenvalue weighted by molar-refractivity contribution is -0.150. The zero-order valence-electron chi connectivity index (χ0n) is 16.4. The number of rotatable bonds is 5. The molecule has 1 unspecified atom stereocenters. The predicted octanol–water partition coefficient (Wildman–Crippen LogP) is -0.0545. The number of carbonyl (C=O) groups is 3. The number of aliphatic hydroxyl groups excluding tert-OH is 1. The van der Waals surface area contributed by atoms with E-state index in [2.05, 4.69) is 10.6 Å². The minimum absolute atomic E-state index is 0.106. The van der Waals surface area contributed by atoms with Gasteiger partial charge in [-0.25, -0.2) is 0 Å². The molecular formula is C21H21N5O5. The molecule has 4 rings (SSSR count). The monoisotopic (exact) mass is 423 g/mol. The Hall–Kier alpha value is -3.76. The van der Waals surface area contributed by atoms with E-state index >= 15 is 0 Å². The Bertz CT molecular complexity index is 1070. The van der Waals surface area contributed by atoms with E-state index in [1.807, 2.05) is 0 Å². The van der Waals surface area contributed by atoms with E-state index in [-0.39, 0.29) is 24.9 Å². The van der Waals surface area contributed by atoms with E-state index in [1.54, 1.807) is 30.3 Å². The minimum atomic E-state index is -1.72. The van der Waals surface area contributed by atoms with Gasteiger partial charge < -0.3 is 31.1 Å². The van der Waals surface area contributed by atoms with Crippen molar-refractivity contribution in [1.29, 1.82) is 5.41 Å². The van der Waals surface area contributed by atoms with E-state index in [0.29, 0.717) is 29.0 Å². The average molecular weight is 423 g/mol. The maximum Gasteiger partial charge on any atom is 0.259 e. The van der Waals surface area contributed by atoms with Crippen molar-refractivity contribution >= 4 is 34.9 Å². The van der Waals surface area contributed by atoms with Crippen molar-refractivity contribution in [3.05, 3.63) is 59.2 Å². The van der Waals surface area contributed by atoms with Gasteiger partial charge in [0.2, 0.25) is 0 Å². The van der Waals surface area contributed by atoms with Crippen LogP contribution in [0.5, 0.6) is 0 Å². The van der Waals surface area contributed by atoms with Crippen molar-refractivity contribution in [3.8, 4) is 0 Å². The molecule has 2 aromatic rings. The molecule has 160 valence electrons. The van der Waals surface area contributed by atoms with Gasteiger partial charge in [0.15, 0.2) is 12.2 Å². The van der Waals surface area contributed by atoms with Crippen LogP contribution in [0.15, 0.2) is 42.5 Å². The van der Waals surface area contributed by atoms with E-state index in [1.165, 1.54) is 17.0 Å². The molecule has 10 heteroatoms. The molecule has 2 heterocycles. The number of aliphatic hydroxyl groups is 1. The third-order valence-corrected chi connectivity index (χ3v) is 5.23. The molecule has 3 amide bonds. The number of nitrogen functional groups attached to an aromatic ring is 1. The first-order chi connectivity index (χ1) is 14.8. The molecule has 31 heavy (non-hydrogen) atoms. The van der Waals surface area contributed by atoms with Gasteiger partial charge in [-0.05, 0) is 48.0 Å². The van der Waals surface area contributed by atoms with Gasteiger partial charge >= 0.3 is 0 Å². The Balaban J connectivity index is 1.46. The fourth-order valence-corrected chi connectivity index (χ4v) is 3.56. The summed E-state index contributed by atoms with van der Waals surface area (Å²) in [5.41, 5.74) is 8.19. The normalized spacial score (nSPS) is 18.9. The minimum Gasteiger partial charge on any atom is -0.384 e. The summed E-state index contributed by atoms with van der Waals surface area (Å²) in [6.45, 7) is 0.788. The fraction of sp³-hybridized carbons (Fsp3) is 0.238. The number of anilines is 2. The van der Waals surface area contributed by atoms with Crippen LogP contribution in [0.25, 0.3) is 0 Å². The van der Waals surface area contributed by atoms with Gasteiger partial charge in [-0.2, -0.15) is 0 Å². The van der Waals surface area contributed by atoms with E-state index in [0.717, 1.165) is 5.56 Å². The molecule has 0 bridgehead atoms. The number of nitrogens with zero attached hydrogens (tertiary/aromatic N) is 1. The molecule has 10 nitrogen and oxygen atoms in total. The number of morpholine rings is 1. The van der Waals surface area contributed by atoms with Crippen molar-refractivity contribution < 1.29 is 24.2 Å². The summed E-state index contributed by atoms with van der Waals surface area (Å²) in [4.78, 5) is 38.6. The van der Waals surface area contributed by atoms with Gasteiger partial charge in [-0.1, -0.05) is 0 Å². The molecule has 1 fully saturated rings. The molecule has 0 aromatic heterocycles. The lowest BCUT2D eigenvalue weighted by Gasteiger charge is -2.34. The van der Waals surface area contributed by atoms with Gasteiger partial charge in [-0.3, -0.25) is 19.8 Å². The van der Waals surface area contributed by atoms with E-state index in [9.17, 15) is 19.5 Å².